The molecule has 4 rings (SSSR count). The number of amides is 1. The fraction of sp³-hybridized carbons (Fsp3) is 0.435. The van der Waals surface area contributed by atoms with Gasteiger partial charge in [0.1, 0.15) is 11.6 Å². The second kappa shape index (κ2) is 7.92. The number of piperidine rings is 1. The van der Waals surface area contributed by atoms with Gasteiger partial charge in [-0.2, -0.15) is 0 Å². The molecule has 0 spiro atoms. The molecule has 0 aliphatic carbocycles. The van der Waals surface area contributed by atoms with E-state index in [1.165, 1.54) is 17.7 Å². The Balaban J connectivity index is 1.36. The molecule has 2 heterocycles. The SMILES string of the molecule is CC(c1ccc(F)cc1)N1CCC(N2CCC(c3ccc(O)cc3)CC2)C1=O. The fourth-order valence-electron chi connectivity index (χ4n) is 4.62. The lowest BCUT2D eigenvalue weighted by Gasteiger charge is -2.35. The van der Waals surface area contributed by atoms with Crippen LogP contribution in [0.4, 0.5) is 4.39 Å². The van der Waals surface area contributed by atoms with Gasteiger partial charge in [-0.25, -0.2) is 4.39 Å². The predicted octanol–water partition coefficient (Wildman–Crippen LogP) is 4.07. The van der Waals surface area contributed by atoms with Crippen LogP contribution in [-0.4, -0.2) is 46.5 Å². The first kappa shape index (κ1) is 18.9. The number of halogens is 1. The van der Waals surface area contributed by atoms with Crippen molar-refractivity contribution in [3.8, 4) is 5.75 Å². The molecule has 148 valence electrons. The van der Waals surface area contributed by atoms with Crippen molar-refractivity contribution in [3.63, 3.8) is 0 Å². The van der Waals surface area contributed by atoms with Crippen molar-refractivity contribution in [2.75, 3.05) is 19.6 Å². The first-order valence-electron chi connectivity index (χ1n) is 10.1. The zero-order valence-corrected chi connectivity index (χ0v) is 16.2. The number of hydrogen-bond donors (Lipinski definition) is 1. The average molecular weight is 382 g/mol. The Hall–Kier alpha value is -2.40. The van der Waals surface area contributed by atoms with Gasteiger partial charge >= 0.3 is 0 Å². The average Bonchev–Trinajstić information content (AvgIpc) is 3.10. The van der Waals surface area contributed by atoms with Crippen molar-refractivity contribution >= 4 is 5.91 Å². The lowest BCUT2D eigenvalue weighted by Crippen LogP contribution is -2.45. The number of rotatable bonds is 4. The van der Waals surface area contributed by atoms with Gasteiger partial charge in [0.15, 0.2) is 0 Å². The Morgan fingerprint density at radius 3 is 2.25 bits per heavy atom. The Kier molecular flexibility index (Phi) is 5.36. The number of benzene rings is 2. The normalized spacial score (nSPS) is 22.6. The van der Waals surface area contributed by atoms with Crippen molar-refractivity contribution < 1.29 is 14.3 Å². The Labute approximate surface area is 165 Å². The molecule has 1 N–H and O–H groups in total. The largest absolute Gasteiger partial charge is 0.508 e. The topological polar surface area (TPSA) is 43.8 Å². The highest BCUT2D eigenvalue weighted by molar-refractivity contribution is 5.84. The maximum absolute atomic E-state index is 13.2. The van der Waals surface area contributed by atoms with E-state index in [0.29, 0.717) is 11.7 Å². The van der Waals surface area contributed by atoms with Crippen LogP contribution in [0, 0.1) is 5.82 Å². The molecule has 5 heteroatoms. The van der Waals surface area contributed by atoms with Crippen LogP contribution in [-0.2, 0) is 4.79 Å². The number of likely N-dealkylation sites (tertiary alicyclic amines) is 2. The number of hydrogen-bond acceptors (Lipinski definition) is 3. The van der Waals surface area contributed by atoms with Crippen molar-refractivity contribution in [2.45, 2.75) is 44.2 Å². The van der Waals surface area contributed by atoms with Gasteiger partial charge in [0.05, 0.1) is 12.1 Å². The highest BCUT2D eigenvalue weighted by atomic mass is 19.1. The molecule has 2 unspecified atom stereocenters. The highest BCUT2D eigenvalue weighted by Crippen LogP contribution is 2.33. The van der Waals surface area contributed by atoms with Crippen LogP contribution in [0.5, 0.6) is 5.75 Å². The highest BCUT2D eigenvalue weighted by Gasteiger charge is 2.39. The quantitative estimate of drug-likeness (QED) is 0.867. The van der Waals surface area contributed by atoms with E-state index >= 15 is 0 Å². The van der Waals surface area contributed by atoms with Crippen molar-refractivity contribution in [1.82, 2.24) is 9.80 Å². The van der Waals surface area contributed by atoms with E-state index in [2.05, 4.69) is 4.90 Å². The van der Waals surface area contributed by atoms with E-state index in [-0.39, 0.29) is 23.8 Å². The molecule has 2 atom stereocenters. The first-order valence-corrected chi connectivity index (χ1v) is 10.1. The zero-order chi connectivity index (χ0) is 19.7. The van der Waals surface area contributed by atoms with Gasteiger partial charge in [0.25, 0.3) is 0 Å². The van der Waals surface area contributed by atoms with Crippen LogP contribution >= 0.6 is 0 Å². The molecule has 2 aliphatic rings. The van der Waals surface area contributed by atoms with Gasteiger partial charge in [-0.15, -0.1) is 0 Å². The van der Waals surface area contributed by atoms with Crippen molar-refractivity contribution in [2.24, 2.45) is 0 Å². The van der Waals surface area contributed by atoms with Crippen LogP contribution < -0.4 is 0 Å². The number of phenols is 1. The minimum absolute atomic E-state index is 0.0346. The van der Waals surface area contributed by atoms with Crippen molar-refractivity contribution in [1.29, 1.82) is 0 Å². The minimum atomic E-state index is -0.252. The second-order valence-corrected chi connectivity index (χ2v) is 7.97. The Morgan fingerprint density at radius 2 is 1.61 bits per heavy atom. The van der Waals surface area contributed by atoms with E-state index in [1.54, 1.807) is 24.3 Å². The molecule has 0 radical (unpaired) electrons. The molecule has 4 nitrogen and oxygen atoms in total. The van der Waals surface area contributed by atoms with E-state index in [1.807, 2.05) is 24.0 Å². The van der Waals surface area contributed by atoms with E-state index in [9.17, 15) is 14.3 Å². The molecule has 2 aromatic rings. The monoisotopic (exact) mass is 382 g/mol. The summed E-state index contributed by atoms with van der Waals surface area (Å²) in [7, 11) is 0. The van der Waals surface area contributed by atoms with E-state index < -0.39 is 0 Å². The summed E-state index contributed by atoms with van der Waals surface area (Å²) in [5.41, 5.74) is 2.24. The summed E-state index contributed by atoms with van der Waals surface area (Å²) in [5.74, 6) is 0.730. The van der Waals surface area contributed by atoms with Crippen molar-refractivity contribution in [3.05, 3.63) is 65.5 Å². The summed E-state index contributed by atoms with van der Waals surface area (Å²) in [6.07, 6.45) is 2.92. The lowest BCUT2D eigenvalue weighted by atomic mass is 9.89. The Bertz CT molecular complexity index is 814. The summed E-state index contributed by atoms with van der Waals surface area (Å²) in [6.45, 7) is 4.60. The number of carbonyl (C=O) groups is 1. The summed E-state index contributed by atoms with van der Waals surface area (Å²) in [4.78, 5) is 17.3. The summed E-state index contributed by atoms with van der Waals surface area (Å²) >= 11 is 0. The van der Waals surface area contributed by atoms with Gasteiger partial charge in [-0.3, -0.25) is 9.69 Å². The molecular weight excluding hydrogens is 355 g/mol. The number of aromatic hydroxyl groups is 1. The molecule has 2 aliphatic heterocycles. The van der Waals surface area contributed by atoms with Crippen LogP contribution in [0.3, 0.4) is 0 Å². The molecule has 0 aromatic heterocycles. The van der Waals surface area contributed by atoms with Crippen LogP contribution in [0.25, 0.3) is 0 Å². The van der Waals surface area contributed by atoms with E-state index in [0.717, 1.165) is 44.5 Å². The van der Waals surface area contributed by atoms with Crippen LogP contribution in [0.2, 0.25) is 0 Å². The van der Waals surface area contributed by atoms with Gasteiger partial charge in [-0.1, -0.05) is 24.3 Å². The maximum atomic E-state index is 13.2. The zero-order valence-electron chi connectivity index (χ0n) is 16.2. The fourth-order valence-corrected chi connectivity index (χ4v) is 4.62. The van der Waals surface area contributed by atoms with Gasteiger partial charge in [-0.05, 0) is 80.6 Å². The first-order chi connectivity index (χ1) is 13.5. The third-order valence-electron chi connectivity index (χ3n) is 6.37. The lowest BCUT2D eigenvalue weighted by molar-refractivity contribution is -0.134. The molecule has 28 heavy (non-hydrogen) atoms. The molecule has 2 fully saturated rings. The number of carbonyl (C=O) groups excluding carboxylic acids is 1. The summed E-state index contributed by atoms with van der Waals surface area (Å²) in [6, 6.07) is 13.9. The standard InChI is InChI=1S/C23H27FN2O2/c1-16(17-2-6-20(24)7-3-17)26-15-12-22(23(26)28)25-13-10-19(11-14-25)18-4-8-21(27)9-5-18/h2-9,16,19,22,27H,10-15H2,1H3. The molecule has 2 saturated heterocycles. The minimum Gasteiger partial charge on any atom is -0.508 e. The number of nitrogens with zero attached hydrogens (tertiary/aromatic N) is 2. The number of phenolic OH excluding ortho intramolecular Hbond substituents is 1. The molecule has 2 aromatic carbocycles. The van der Waals surface area contributed by atoms with Gasteiger partial charge < -0.3 is 10.0 Å². The van der Waals surface area contributed by atoms with Crippen LogP contribution in [0.15, 0.2) is 48.5 Å². The molecular formula is C23H27FN2O2. The smallest absolute Gasteiger partial charge is 0.240 e. The third-order valence-corrected chi connectivity index (χ3v) is 6.37. The third kappa shape index (κ3) is 3.76. The van der Waals surface area contributed by atoms with Crippen LogP contribution in [0.1, 0.15) is 49.3 Å². The molecule has 0 bridgehead atoms. The second-order valence-electron chi connectivity index (χ2n) is 7.97. The summed E-state index contributed by atoms with van der Waals surface area (Å²) < 4.78 is 13.2. The predicted molar refractivity (Wildman–Crippen MR) is 107 cm³/mol. The van der Waals surface area contributed by atoms with Gasteiger partial charge in [0, 0.05) is 6.54 Å². The summed E-state index contributed by atoms with van der Waals surface area (Å²) in [5, 5.41) is 9.47. The van der Waals surface area contributed by atoms with E-state index in [4.69, 9.17) is 0 Å². The molecule has 1 amide bonds. The Morgan fingerprint density at radius 1 is 0.964 bits per heavy atom. The van der Waals surface area contributed by atoms with Gasteiger partial charge in [0.2, 0.25) is 5.91 Å². The maximum Gasteiger partial charge on any atom is 0.240 e. The molecule has 0 saturated carbocycles.